The first-order valence-corrected chi connectivity index (χ1v) is 5.94. The minimum Gasteiger partial charge on any atom is -0.389 e. The molecule has 1 saturated heterocycles. The Labute approximate surface area is 92.3 Å². The molecule has 1 aliphatic carbocycles. The molecule has 15 heavy (non-hydrogen) atoms. The van der Waals surface area contributed by atoms with Crippen LogP contribution >= 0.6 is 0 Å². The van der Waals surface area contributed by atoms with Crippen molar-refractivity contribution >= 4 is 0 Å². The van der Waals surface area contributed by atoms with Crippen molar-refractivity contribution in [1.29, 1.82) is 0 Å². The molecule has 1 spiro atoms. The van der Waals surface area contributed by atoms with E-state index in [-0.39, 0.29) is 17.1 Å². The van der Waals surface area contributed by atoms with Crippen molar-refractivity contribution in [3.05, 3.63) is 12.2 Å². The maximum atomic E-state index is 9.94. The van der Waals surface area contributed by atoms with Gasteiger partial charge < -0.3 is 9.84 Å². The van der Waals surface area contributed by atoms with Gasteiger partial charge in [0.1, 0.15) is 0 Å². The van der Waals surface area contributed by atoms with Gasteiger partial charge >= 0.3 is 0 Å². The predicted molar refractivity (Wildman–Crippen MR) is 60.7 cm³/mol. The fourth-order valence-corrected chi connectivity index (χ4v) is 3.18. The van der Waals surface area contributed by atoms with Gasteiger partial charge in [-0.1, -0.05) is 20.4 Å². The van der Waals surface area contributed by atoms with Crippen molar-refractivity contribution in [3.8, 4) is 0 Å². The van der Waals surface area contributed by atoms with Crippen LogP contribution in [0, 0.1) is 5.41 Å². The van der Waals surface area contributed by atoms with E-state index >= 15 is 0 Å². The number of ether oxygens (including phenoxy) is 1. The average Bonchev–Trinajstić information content (AvgIpc) is 2.55. The van der Waals surface area contributed by atoms with E-state index in [0.29, 0.717) is 6.10 Å². The lowest BCUT2D eigenvalue weighted by molar-refractivity contribution is -0.115. The molecule has 2 heteroatoms. The smallest absolute Gasteiger partial charge is 0.0968 e. The molecule has 2 rings (SSSR count). The molecule has 2 fully saturated rings. The summed E-state index contributed by atoms with van der Waals surface area (Å²) in [6, 6.07) is 0. The Hall–Kier alpha value is -0.340. The lowest BCUT2D eigenvalue weighted by Crippen LogP contribution is -2.52. The molecule has 0 aromatic carbocycles. The van der Waals surface area contributed by atoms with Crippen molar-refractivity contribution in [2.45, 2.75) is 64.3 Å². The summed E-state index contributed by atoms with van der Waals surface area (Å²) in [5, 5.41) is 9.94. The Kier molecular flexibility index (Phi) is 2.47. The van der Waals surface area contributed by atoms with Gasteiger partial charge in [-0.3, -0.25) is 0 Å². The quantitative estimate of drug-likeness (QED) is 0.623. The first kappa shape index (κ1) is 11.2. The van der Waals surface area contributed by atoms with E-state index in [1.807, 2.05) is 0 Å². The average molecular weight is 210 g/mol. The normalized spacial score (nSPS) is 44.9. The van der Waals surface area contributed by atoms with E-state index in [2.05, 4.69) is 27.4 Å². The Morgan fingerprint density at radius 2 is 2.00 bits per heavy atom. The van der Waals surface area contributed by atoms with E-state index in [1.165, 1.54) is 0 Å². The van der Waals surface area contributed by atoms with Crippen LogP contribution in [-0.2, 0) is 4.74 Å². The highest BCUT2D eigenvalue weighted by Crippen LogP contribution is 2.54. The lowest BCUT2D eigenvalue weighted by atomic mass is 9.61. The Balaban J connectivity index is 2.35. The predicted octanol–water partition coefficient (Wildman–Crippen LogP) is 2.66. The largest absolute Gasteiger partial charge is 0.389 e. The van der Waals surface area contributed by atoms with Crippen molar-refractivity contribution in [2.75, 3.05) is 0 Å². The second-order valence-corrected chi connectivity index (χ2v) is 5.76. The van der Waals surface area contributed by atoms with Gasteiger partial charge in [0.05, 0.1) is 17.8 Å². The number of rotatable bonds is 0. The summed E-state index contributed by atoms with van der Waals surface area (Å²) in [5.74, 6) is 0. The van der Waals surface area contributed by atoms with E-state index in [9.17, 15) is 5.11 Å². The molecule has 0 aromatic heterocycles. The van der Waals surface area contributed by atoms with Crippen LogP contribution < -0.4 is 0 Å². The van der Waals surface area contributed by atoms with Crippen molar-refractivity contribution in [1.82, 2.24) is 0 Å². The molecule has 1 N–H and O–H groups in total. The second-order valence-electron chi connectivity index (χ2n) is 5.76. The van der Waals surface area contributed by atoms with Crippen LogP contribution in [0.25, 0.3) is 0 Å². The molecule has 3 atom stereocenters. The summed E-state index contributed by atoms with van der Waals surface area (Å²) in [7, 11) is 0. The molecule has 1 aliphatic heterocycles. The molecule has 2 aliphatic rings. The highest BCUT2D eigenvalue weighted by atomic mass is 16.5. The van der Waals surface area contributed by atoms with E-state index in [0.717, 1.165) is 31.3 Å². The molecule has 1 heterocycles. The van der Waals surface area contributed by atoms with Gasteiger partial charge in [0.2, 0.25) is 0 Å². The van der Waals surface area contributed by atoms with Crippen molar-refractivity contribution in [2.24, 2.45) is 5.41 Å². The van der Waals surface area contributed by atoms with Crippen molar-refractivity contribution < 1.29 is 9.84 Å². The van der Waals surface area contributed by atoms with Crippen molar-refractivity contribution in [3.63, 3.8) is 0 Å². The molecule has 0 unspecified atom stereocenters. The molecular formula is C13H22O2. The minimum absolute atomic E-state index is 0.105. The van der Waals surface area contributed by atoms with Gasteiger partial charge in [-0.25, -0.2) is 0 Å². The monoisotopic (exact) mass is 210 g/mol. The molecule has 0 amide bonds. The fraction of sp³-hybridized carbons (Fsp3) is 0.846. The van der Waals surface area contributed by atoms with Gasteiger partial charge in [-0.15, -0.1) is 0 Å². The van der Waals surface area contributed by atoms with Crippen LogP contribution in [0.3, 0.4) is 0 Å². The third kappa shape index (κ3) is 1.46. The molecular weight excluding hydrogens is 188 g/mol. The molecule has 86 valence electrons. The van der Waals surface area contributed by atoms with Gasteiger partial charge in [0.15, 0.2) is 0 Å². The second kappa shape index (κ2) is 3.33. The number of hydrogen-bond acceptors (Lipinski definition) is 2. The number of aliphatic hydroxyl groups excluding tert-OH is 1. The lowest BCUT2D eigenvalue weighted by Gasteiger charge is -2.50. The van der Waals surface area contributed by atoms with Crippen LogP contribution in [0.2, 0.25) is 0 Å². The van der Waals surface area contributed by atoms with Gasteiger partial charge in [0, 0.05) is 0 Å². The SMILES string of the molecule is C=C1[C@H](O)CCC(C)(C)[C@]12CC[C@H](C)O2. The third-order valence-electron chi connectivity index (χ3n) is 4.36. The van der Waals surface area contributed by atoms with Crippen LogP contribution in [0.4, 0.5) is 0 Å². The molecule has 1 saturated carbocycles. The summed E-state index contributed by atoms with van der Waals surface area (Å²) in [5.41, 5.74) is 0.737. The summed E-state index contributed by atoms with van der Waals surface area (Å²) in [6.07, 6.45) is 3.85. The zero-order chi connectivity index (χ0) is 11.3. The van der Waals surface area contributed by atoms with Crippen LogP contribution in [0.15, 0.2) is 12.2 Å². The summed E-state index contributed by atoms with van der Waals surface area (Å²) in [6.45, 7) is 10.7. The van der Waals surface area contributed by atoms with Gasteiger partial charge in [-0.05, 0) is 43.6 Å². The first-order valence-electron chi connectivity index (χ1n) is 5.94. The summed E-state index contributed by atoms with van der Waals surface area (Å²) in [4.78, 5) is 0. The van der Waals surface area contributed by atoms with Crippen LogP contribution in [0.5, 0.6) is 0 Å². The van der Waals surface area contributed by atoms with Gasteiger partial charge in [0.25, 0.3) is 0 Å². The first-order chi connectivity index (χ1) is 6.89. The molecule has 0 radical (unpaired) electrons. The zero-order valence-electron chi connectivity index (χ0n) is 10.0. The van der Waals surface area contributed by atoms with Crippen LogP contribution in [-0.4, -0.2) is 22.9 Å². The molecule has 0 bridgehead atoms. The Morgan fingerprint density at radius 1 is 1.33 bits per heavy atom. The highest BCUT2D eigenvalue weighted by Gasteiger charge is 2.55. The minimum atomic E-state index is -0.372. The number of aliphatic hydroxyl groups is 1. The van der Waals surface area contributed by atoms with E-state index in [1.54, 1.807) is 0 Å². The Bertz CT molecular complexity index is 282. The van der Waals surface area contributed by atoms with E-state index < -0.39 is 0 Å². The number of hydrogen-bond donors (Lipinski definition) is 1. The standard InChI is InChI=1S/C13H22O2/c1-9-5-8-13(15-9)10(2)11(14)6-7-12(13,3)4/h9,11,14H,2,5-8H2,1,3-4H3/t9-,11+,13-/m0/s1. The summed E-state index contributed by atoms with van der Waals surface area (Å²) >= 11 is 0. The molecule has 2 nitrogen and oxygen atoms in total. The maximum Gasteiger partial charge on any atom is 0.0968 e. The third-order valence-corrected chi connectivity index (χ3v) is 4.36. The van der Waals surface area contributed by atoms with E-state index in [4.69, 9.17) is 4.74 Å². The fourth-order valence-electron chi connectivity index (χ4n) is 3.18. The Morgan fingerprint density at radius 3 is 2.53 bits per heavy atom. The zero-order valence-corrected chi connectivity index (χ0v) is 10.0. The molecule has 0 aromatic rings. The topological polar surface area (TPSA) is 29.5 Å². The van der Waals surface area contributed by atoms with Crippen LogP contribution in [0.1, 0.15) is 46.5 Å². The highest BCUT2D eigenvalue weighted by molar-refractivity contribution is 5.27. The van der Waals surface area contributed by atoms with Gasteiger partial charge in [-0.2, -0.15) is 0 Å². The summed E-state index contributed by atoms with van der Waals surface area (Å²) < 4.78 is 6.13. The maximum absolute atomic E-state index is 9.94.